The number of fused-ring (bicyclic) bond motifs is 1. The first-order valence-corrected chi connectivity index (χ1v) is 10.4. The molecule has 2 saturated heterocycles. The number of carbonyl (C=O) groups is 3. The zero-order chi connectivity index (χ0) is 20.9. The van der Waals surface area contributed by atoms with Crippen molar-refractivity contribution in [1.29, 1.82) is 0 Å². The number of carboxylic acids is 1. The highest BCUT2D eigenvalue weighted by molar-refractivity contribution is 6.09. The number of likely N-dealkylation sites (tertiary alicyclic amines) is 1. The molecule has 2 heterocycles. The van der Waals surface area contributed by atoms with Gasteiger partial charge in [-0.15, -0.1) is 0 Å². The Morgan fingerprint density at radius 2 is 1.72 bits per heavy atom. The zero-order valence-corrected chi connectivity index (χ0v) is 17.2. The Bertz CT molecular complexity index is 831. The molecule has 4 unspecified atom stereocenters. The van der Waals surface area contributed by atoms with Gasteiger partial charge in [-0.05, 0) is 37.5 Å². The quantitative estimate of drug-likeness (QED) is 0.755. The molecule has 1 aromatic carbocycles. The summed E-state index contributed by atoms with van der Waals surface area (Å²) in [4.78, 5) is 42.3. The molecule has 29 heavy (non-hydrogen) atoms. The summed E-state index contributed by atoms with van der Waals surface area (Å²) in [6, 6.07) is 7.13. The monoisotopic (exact) mass is 399 g/mol. The molecule has 2 amide bonds. The maximum Gasteiger partial charge on any atom is 0.324 e. The van der Waals surface area contributed by atoms with E-state index in [9.17, 15) is 19.5 Å². The summed E-state index contributed by atoms with van der Waals surface area (Å²) in [5, 5.41) is 13.1. The number of anilines is 1. The molecule has 7 heteroatoms. The van der Waals surface area contributed by atoms with Gasteiger partial charge >= 0.3 is 5.97 Å². The first-order chi connectivity index (χ1) is 13.8. The Morgan fingerprint density at radius 3 is 2.28 bits per heavy atom. The largest absolute Gasteiger partial charge is 0.480 e. The minimum atomic E-state index is -1.47. The van der Waals surface area contributed by atoms with E-state index in [0.717, 1.165) is 43.4 Å². The van der Waals surface area contributed by atoms with Crippen LogP contribution in [0.3, 0.4) is 0 Å². The molecule has 7 nitrogen and oxygen atoms in total. The van der Waals surface area contributed by atoms with Crippen LogP contribution in [0.15, 0.2) is 24.3 Å². The van der Waals surface area contributed by atoms with Crippen LogP contribution in [0.2, 0.25) is 0 Å². The Hall–Kier alpha value is -2.41. The third kappa shape index (κ3) is 3.03. The highest BCUT2D eigenvalue weighted by atomic mass is 16.4. The number of rotatable bonds is 4. The van der Waals surface area contributed by atoms with Crippen molar-refractivity contribution in [1.82, 2.24) is 10.2 Å². The molecular weight excluding hydrogens is 370 g/mol. The van der Waals surface area contributed by atoms with E-state index in [2.05, 4.69) is 5.32 Å². The number of benzene rings is 1. The summed E-state index contributed by atoms with van der Waals surface area (Å²) in [6.07, 6.45) is 4.75. The molecule has 3 fully saturated rings. The van der Waals surface area contributed by atoms with Gasteiger partial charge in [-0.1, -0.05) is 31.4 Å². The molecule has 3 aliphatic rings. The summed E-state index contributed by atoms with van der Waals surface area (Å²) in [7, 11) is 3.89. The number of carbonyl (C=O) groups excluding carboxylic acids is 2. The topological polar surface area (TPSA) is 90.0 Å². The normalized spacial score (nSPS) is 32.5. The fourth-order valence-electron chi connectivity index (χ4n) is 5.32. The molecule has 2 N–H and O–H groups in total. The van der Waals surface area contributed by atoms with Gasteiger partial charge in [-0.2, -0.15) is 0 Å². The van der Waals surface area contributed by atoms with Gasteiger partial charge in [0.1, 0.15) is 5.54 Å². The van der Waals surface area contributed by atoms with Crippen LogP contribution in [0.4, 0.5) is 5.69 Å². The number of nitrogens with zero attached hydrogens (tertiary/aromatic N) is 2. The van der Waals surface area contributed by atoms with Crippen LogP contribution >= 0.6 is 0 Å². The van der Waals surface area contributed by atoms with Gasteiger partial charge in [-0.3, -0.25) is 24.6 Å². The van der Waals surface area contributed by atoms with Crippen molar-refractivity contribution < 1.29 is 19.5 Å². The number of carboxylic acid groups (broad SMARTS) is 1. The second kappa shape index (κ2) is 7.13. The van der Waals surface area contributed by atoms with Crippen LogP contribution in [0, 0.1) is 11.8 Å². The lowest BCUT2D eigenvalue weighted by molar-refractivity contribution is -0.151. The van der Waals surface area contributed by atoms with Crippen LogP contribution in [0.25, 0.3) is 0 Å². The van der Waals surface area contributed by atoms with Crippen molar-refractivity contribution in [3.8, 4) is 0 Å². The van der Waals surface area contributed by atoms with Gasteiger partial charge in [-0.25, -0.2) is 0 Å². The van der Waals surface area contributed by atoms with Gasteiger partial charge in [0.25, 0.3) is 0 Å². The second-order valence-electron chi connectivity index (χ2n) is 8.96. The maximum absolute atomic E-state index is 13.4. The van der Waals surface area contributed by atoms with Gasteiger partial charge in [0, 0.05) is 31.9 Å². The van der Waals surface area contributed by atoms with E-state index in [-0.39, 0.29) is 17.9 Å². The predicted molar refractivity (Wildman–Crippen MR) is 108 cm³/mol. The molecule has 4 atom stereocenters. The highest BCUT2D eigenvalue weighted by Gasteiger charge is 2.67. The predicted octanol–water partition coefficient (Wildman–Crippen LogP) is 2.17. The molecule has 0 bridgehead atoms. The smallest absolute Gasteiger partial charge is 0.324 e. The maximum atomic E-state index is 13.4. The van der Waals surface area contributed by atoms with E-state index < -0.39 is 29.4 Å². The van der Waals surface area contributed by atoms with Crippen molar-refractivity contribution in [3.05, 3.63) is 29.8 Å². The van der Waals surface area contributed by atoms with Gasteiger partial charge < -0.3 is 10.0 Å². The summed E-state index contributed by atoms with van der Waals surface area (Å²) in [5.74, 6) is -3.20. The minimum Gasteiger partial charge on any atom is -0.480 e. The number of hydrogen-bond acceptors (Lipinski definition) is 5. The molecule has 0 aromatic heterocycles. The lowest BCUT2D eigenvalue weighted by Gasteiger charge is -2.33. The fourth-order valence-corrected chi connectivity index (χ4v) is 5.32. The third-order valence-electron chi connectivity index (χ3n) is 6.97. The molecule has 1 saturated carbocycles. The second-order valence-corrected chi connectivity index (χ2v) is 8.96. The Morgan fingerprint density at radius 1 is 1.10 bits per heavy atom. The van der Waals surface area contributed by atoms with Crippen molar-refractivity contribution in [2.24, 2.45) is 11.8 Å². The van der Waals surface area contributed by atoms with Crippen LogP contribution < -0.4 is 10.2 Å². The van der Waals surface area contributed by atoms with E-state index >= 15 is 0 Å². The van der Waals surface area contributed by atoms with Gasteiger partial charge in [0.05, 0.1) is 11.8 Å². The summed E-state index contributed by atoms with van der Waals surface area (Å²) in [6.45, 7) is 1.54. The zero-order valence-electron chi connectivity index (χ0n) is 17.2. The summed E-state index contributed by atoms with van der Waals surface area (Å²) >= 11 is 0. The van der Waals surface area contributed by atoms with Crippen LogP contribution in [0.1, 0.15) is 50.6 Å². The third-order valence-corrected chi connectivity index (χ3v) is 6.97. The molecule has 0 radical (unpaired) electrons. The first kappa shape index (κ1) is 19.9. The summed E-state index contributed by atoms with van der Waals surface area (Å²) in [5.41, 5.74) is 0.385. The average Bonchev–Trinajstić information content (AvgIpc) is 3.17. The Kier molecular flexibility index (Phi) is 4.89. The van der Waals surface area contributed by atoms with Crippen LogP contribution in [0.5, 0.6) is 0 Å². The summed E-state index contributed by atoms with van der Waals surface area (Å²) < 4.78 is 0. The molecule has 0 spiro atoms. The van der Waals surface area contributed by atoms with E-state index in [4.69, 9.17) is 0 Å². The van der Waals surface area contributed by atoms with Gasteiger partial charge in [0.15, 0.2) is 0 Å². The van der Waals surface area contributed by atoms with E-state index in [1.807, 2.05) is 43.3 Å². The number of amides is 2. The lowest BCUT2D eigenvalue weighted by Crippen LogP contribution is -2.54. The van der Waals surface area contributed by atoms with Crippen molar-refractivity contribution in [2.75, 3.05) is 19.0 Å². The van der Waals surface area contributed by atoms with Gasteiger partial charge in [0.2, 0.25) is 11.8 Å². The van der Waals surface area contributed by atoms with Crippen molar-refractivity contribution >= 4 is 23.5 Å². The molecule has 2 aliphatic heterocycles. The highest BCUT2D eigenvalue weighted by Crippen LogP contribution is 2.50. The number of nitrogens with one attached hydrogen (secondary N) is 1. The Labute approximate surface area is 171 Å². The fraction of sp³-hybridized carbons (Fsp3) is 0.591. The lowest BCUT2D eigenvalue weighted by atomic mass is 9.80. The van der Waals surface area contributed by atoms with Crippen molar-refractivity contribution in [2.45, 2.75) is 56.7 Å². The Balaban J connectivity index is 1.72. The van der Waals surface area contributed by atoms with E-state index in [1.165, 1.54) is 11.8 Å². The van der Waals surface area contributed by atoms with Crippen LogP contribution in [-0.4, -0.2) is 53.5 Å². The molecule has 156 valence electrons. The standard InChI is InChI=1S/C22H29N3O4/c1-22(21(28)29)17-16(18(23-22)13-9-11-14(12-10-13)24(2)3)19(26)25(20(17)27)15-7-5-4-6-8-15/h9-12,15-18,23H,4-8H2,1-3H3,(H,28,29). The van der Waals surface area contributed by atoms with Crippen molar-refractivity contribution in [3.63, 3.8) is 0 Å². The van der Waals surface area contributed by atoms with E-state index in [1.54, 1.807) is 0 Å². The van der Waals surface area contributed by atoms with Crippen LogP contribution in [-0.2, 0) is 14.4 Å². The number of imide groups is 1. The SMILES string of the molecule is CN(C)c1ccc(C2NC(C)(C(=O)O)C3C(=O)N(C4CCCCC4)C(=O)C23)cc1. The van der Waals surface area contributed by atoms with E-state index in [0.29, 0.717) is 0 Å². The molecule has 1 aliphatic carbocycles. The molecule has 4 rings (SSSR count). The average molecular weight is 399 g/mol. The number of aliphatic carboxylic acids is 1. The minimum absolute atomic E-state index is 0.0934. The molecular formula is C22H29N3O4. The molecule has 1 aromatic rings. The number of hydrogen-bond donors (Lipinski definition) is 2. The first-order valence-electron chi connectivity index (χ1n) is 10.4.